The predicted molar refractivity (Wildman–Crippen MR) is 317 cm³/mol. The number of sulfone groups is 3. The zero-order valence-electron chi connectivity index (χ0n) is 46.5. The van der Waals surface area contributed by atoms with Crippen LogP contribution in [0.5, 0.6) is 0 Å². The van der Waals surface area contributed by atoms with Gasteiger partial charge in [-0.05, 0) is 132 Å². The van der Waals surface area contributed by atoms with Crippen LogP contribution in [0, 0.1) is 59.0 Å². The maximum Gasteiger partial charge on any atom is 0.198 e. The highest BCUT2D eigenvalue weighted by molar-refractivity contribution is 9.11. The minimum absolute atomic E-state index is 0.0226. The number of rotatable bonds is 4. The second kappa shape index (κ2) is 26.3. The van der Waals surface area contributed by atoms with Crippen LogP contribution in [0.2, 0.25) is 0 Å². The molecule has 0 radical (unpaired) electrons. The van der Waals surface area contributed by atoms with E-state index >= 15 is 0 Å². The van der Waals surface area contributed by atoms with Crippen molar-refractivity contribution in [2.75, 3.05) is 18.8 Å². The highest BCUT2D eigenvalue weighted by Gasteiger charge is 2.43. The zero-order valence-corrected chi connectivity index (χ0v) is 55.3. The lowest BCUT2D eigenvalue weighted by atomic mass is 9.74. The smallest absolute Gasteiger partial charge is 0.198 e. The van der Waals surface area contributed by atoms with E-state index in [9.17, 15) is 98.7 Å². The molecule has 12 nitrogen and oxygen atoms in total. The van der Waals surface area contributed by atoms with E-state index in [2.05, 4.69) is 63.7 Å². The molecule has 12 rings (SSSR count). The molecular formula is C60H45Br4F10NO11S3. The Morgan fingerprint density at radius 1 is 0.494 bits per heavy atom. The van der Waals surface area contributed by atoms with Gasteiger partial charge in [0.1, 0.15) is 62.2 Å². The molecule has 0 aromatic heterocycles. The van der Waals surface area contributed by atoms with E-state index in [1.807, 2.05) is 6.07 Å². The Morgan fingerprint density at radius 2 is 0.944 bits per heavy atom. The monoisotopic (exact) mass is 1560 g/mol. The molecule has 0 aliphatic heterocycles. The number of Topliss-reactive ketones (excluding diaryl/α,β-unsaturated/α-hetero) is 4. The van der Waals surface area contributed by atoms with Crippen molar-refractivity contribution in [2.24, 2.45) is 0 Å². The van der Waals surface area contributed by atoms with Gasteiger partial charge in [0.2, 0.25) is 0 Å². The van der Waals surface area contributed by atoms with Gasteiger partial charge in [-0.3, -0.25) is 19.2 Å². The molecule has 5 atom stereocenters. The summed E-state index contributed by atoms with van der Waals surface area (Å²) in [5, 5.41) is 19.7. The average Bonchev–Trinajstić information content (AvgIpc) is 1.74. The summed E-state index contributed by atoms with van der Waals surface area (Å²) in [6.45, 7) is 1.66. The second-order valence-corrected chi connectivity index (χ2v) is 30.8. The summed E-state index contributed by atoms with van der Waals surface area (Å²) in [6, 6.07) is 9.28. The molecule has 0 heterocycles. The molecule has 6 aliphatic carbocycles. The van der Waals surface area contributed by atoms with Crippen molar-refractivity contribution in [1.82, 2.24) is 0 Å². The number of aliphatic hydroxyl groups is 1. The number of halogens is 14. The quantitative estimate of drug-likeness (QED) is 0.129. The molecular weight excluding hydrogens is 1520 g/mol. The van der Waals surface area contributed by atoms with Crippen LogP contribution in [0.1, 0.15) is 153 Å². The predicted octanol–water partition coefficient (Wildman–Crippen LogP) is 14.2. The van der Waals surface area contributed by atoms with Gasteiger partial charge in [0, 0.05) is 96.9 Å². The SMILES string of the molecule is CS(=O)(=O)c1c(F)cc(Br)c2c1C(=O)C(F)C2.CS(=O)(=O)c1c(F)cc(Br)c2c1C(=O)CC2.CS(=O)(=O)c1c(F)cc([C@H]2CC[C@H](F)c3cc(F)cc(C#N)c32)c2c1[C@H](O)[C@H](F)C2.Cc1c(F)cc(Br)c2c1C(=O)CC2.O=C1CCc2c(Br)cc(F)c(F)c21. The van der Waals surface area contributed by atoms with Crippen LogP contribution in [-0.4, -0.2) is 84.6 Å². The van der Waals surface area contributed by atoms with Gasteiger partial charge in [0.15, 0.2) is 70.5 Å². The van der Waals surface area contributed by atoms with E-state index in [1.165, 1.54) is 6.07 Å². The van der Waals surface area contributed by atoms with E-state index in [-0.39, 0.29) is 122 Å². The van der Waals surface area contributed by atoms with E-state index < -0.39 is 115 Å². The molecule has 0 bridgehead atoms. The summed E-state index contributed by atoms with van der Waals surface area (Å²) in [5.74, 6) is -8.43. The summed E-state index contributed by atoms with van der Waals surface area (Å²) in [5.41, 5.74) is 3.05. The average molecular weight is 1560 g/mol. The lowest BCUT2D eigenvalue weighted by Gasteiger charge is -2.31. The maximum absolute atomic E-state index is 14.9. The molecule has 1 N–H and O–H groups in total. The highest BCUT2D eigenvalue weighted by Crippen LogP contribution is 2.50. The first-order valence-corrected chi connectivity index (χ1v) is 35.2. The van der Waals surface area contributed by atoms with Crippen molar-refractivity contribution in [2.45, 2.75) is 116 Å². The van der Waals surface area contributed by atoms with Crippen LogP contribution in [-0.2, 0) is 61.6 Å². The maximum atomic E-state index is 14.9. The summed E-state index contributed by atoms with van der Waals surface area (Å²) >= 11 is 12.5. The molecule has 0 saturated heterocycles. The zero-order chi connectivity index (χ0) is 66.2. The van der Waals surface area contributed by atoms with Gasteiger partial charge in [-0.2, -0.15) is 5.26 Å². The third kappa shape index (κ3) is 13.6. The van der Waals surface area contributed by atoms with Crippen molar-refractivity contribution < 1.29 is 93.4 Å². The number of benzene rings is 6. The standard InChI is InChI=1S/C21H17F4NO3S.C10H7BrF2O3S.C10H8BrFO3S.C10H8BrFO.C9H5BrF2O/c1-30(28,29)21-17(25)6-12(13-7-16(24)20(27)19(13)21)11-2-3-15(23)14-5-10(22)4-9(8-26)18(11)14;1-17(15,16)10-7(13)3-5(11)4-2-6(12)9(14)8(4)10;1-16(14,15)10-7(12)4-6(11)5-2-3-8(13)9(5)10;1-5-8(12)4-7(11)6-2-3-9(13)10(5)6;10-5-3-6(11)9(12)8-4(5)1-2-7(8)13/h4-6,11,15-16,20,27H,2-3,7H2,1H3;3,6H,2H2,1H3;4H,2-3H2,1H3;4H,2-3H2,1H3;3H,1-2H2/t11-,15+,16-,20-;;;;/m1..../s1. The number of nitriles is 1. The number of ketones is 4. The Kier molecular flexibility index (Phi) is 20.5. The summed E-state index contributed by atoms with van der Waals surface area (Å²) < 4.78 is 209. The van der Waals surface area contributed by atoms with Crippen molar-refractivity contribution in [3.8, 4) is 6.07 Å². The fraction of sp³-hybridized carbons (Fsp3) is 0.317. The number of hydrogen-bond donors (Lipinski definition) is 1. The molecule has 89 heavy (non-hydrogen) atoms. The summed E-state index contributed by atoms with van der Waals surface area (Å²) in [7, 11) is -11.8. The minimum atomic E-state index is -4.11. The van der Waals surface area contributed by atoms with Gasteiger partial charge < -0.3 is 5.11 Å². The van der Waals surface area contributed by atoms with Crippen LogP contribution in [0.4, 0.5) is 43.9 Å². The highest BCUT2D eigenvalue weighted by atomic mass is 79.9. The summed E-state index contributed by atoms with van der Waals surface area (Å²) in [6.07, 6.45) is -2.28. The van der Waals surface area contributed by atoms with Crippen LogP contribution < -0.4 is 0 Å². The fourth-order valence-electron chi connectivity index (χ4n) is 11.8. The topological polar surface area (TPSA) is 215 Å². The van der Waals surface area contributed by atoms with E-state index in [0.717, 1.165) is 71.6 Å². The molecule has 0 fully saturated rings. The van der Waals surface area contributed by atoms with E-state index in [4.69, 9.17) is 0 Å². The molecule has 1 unspecified atom stereocenters. The van der Waals surface area contributed by atoms with Crippen LogP contribution >= 0.6 is 63.7 Å². The van der Waals surface area contributed by atoms with Gasteiger partial charge >= 0.3 is 0 Å². The number of alkyl halides is 3. The first kappa shape index (κ1) is 69.4. The molecule has 29 heteroatoms. The number of nitrogens with zero attached hydrogens (tertiary/aromatic N) is 1. The normalized spacial score (nSPS) is 19.4. The van der Waals surface area contributed by atoms with Crippen LogP contribution in [0.15, 0.2) is 75.0 Å². The van der Waals surface area contributed by atoms with E-state index in [1.54, 1.807) is 6.92 Å². The Labute approximate surface area is 536 Å². The van der Waals surface area contributed by atoms with Crippen molar-refractivity contribution in [3.05, 3.63) is 185 Å². The summed E-state index contributed by atoms with van der Waals surface area (Å²) in [4.78, 5) is 43.8. The fourth-order valence-corrected chi connectivity index (χ4v) is 17.3. The number of carbonyl (C=O) groups excluding carboxylic acids is 4. The van der Waals surface area contributed by atoms with E-state index in [0.29, 0.717) is 50.5 Å². The Morgan fingerprint density at radius 3 is 1.47 bits per heavy atom. The van der Waals surface area contributed by atoms with Crippen molar-refractivity contribution in [1.29, 1.82) is 5.26 Å². The molecule has 472 valence electrons. The van der Waals surface area contributed by atoms with Crippen LogP contribution in [0.25, 0.3) is 0 Å². The Bertz CT molecular complexity index is 4410. The Hall–Kier alpha value is -5.48. The van der Waals surface area contributed by atoms with Crippen molar-refractivity contribution in [3.63, 3.8) is 0 Å². The molecule has 6 aromatic rings. The van der Waals surface area contributed by atoms with Crippen molar-refractivity contribution >= 4 is 116 Å². The number of fused-ring (bicyclic) bond motifs is 6. The van der Waals surface area contributed by atoms with Gasteiger partial charge in [-0.25, -0.2) is 69.2 Å². The molecule has 0 saturated carbocycles. The van der Waals surface area contributed by atoms with Gasteiger partial charge in [0.25, 0.3) is 0 Å². The lowest BCUT2D eigenvalue weighted by Crippen LogP contribution is -2.18. The number of hydrogen-bond acceptors (Lipinski definition) is 12. The number of carbonyl (C=O) groups is 4. The molecule has 0 spiro atoms. The minimum Gasteiger partial charge on any atom is -0.385 e. The van der Waals surface area contributed by atoms with Crippen LogP contribution in [0.3, 0.4) is 0 Å². The third-order valence-electron chi connectivity index (χ3n) is 15.6. The number of aliphatic hydroxyl groups excluding tert-OH is 1. The lowest BCUT2D eigenvalue weighted by molar-refractivity contribution is 0.0894. The third-order valence-corrected chi connectivity index (χ3v) is 21.9. The first-order valence-electron chi connectivity index (χ1n) is 26.4. The first-order chi connectivity index (χ1) is 41.3. The van der Waals surface area contributed by atoms with Gasteiger partial charge in [-0.1, -0.05) is 63.7 Å². The van der Waals surface area contributed by atoms with Gasteiger partial charge in [-0.15, -0.1) is 0 Å². The molecule has 6 aliphatic rings. The second-order valence-electron chi connectivity index (χ2n) is 21.5. The Balaban J connectivity index is 0.000000150. The molecule has 0 amide bonds. The largest absolute Gasteiger partial charge is 0.385 e. The van der Waals surface area contributed by atoms with Gasteiger partial charge in [0.05, 0.1) is 17.2 Å². The molecule has 6 aromatic carbocycles.